The Bertz CT molecular complexity index is 902. The largest absolute Gasteiger partial charge is 0.417 e. The highest BCUT2D eigenvalue weighted by Crippen LogP contribution is 2.36. The number of carbonyl (C=O) groups is 2. The number of amides is 2. The molecule has 0 saturated heterocycles. The molecule has 0 spiro atoms. The van der Waals surface area contributed by atoms with Crippen LogP contribution in [0.2, 0.25) is 15.1 Å². The highest BCUT2D eigenvalue weighted by Gasteiger charge is 2.34. The molecule has 29 heavy (non-hydrogen) atoms. The van der Waals surface area contributed by atoms with E-state index in [-0.39, 0.29) is 33.7 Å². The van der Waals surface area contributed by atoms with Gasteiger partial charge < -0.3 is 10.6 Å². The average Bonchev–Trinajstić information content (AvgIpc) is 2.59. The van der Waals surface area contributed by atoms with Gasteiger partial charge in [0.25, 0.3) is 0 Å². The van der Waals surface area contributed by atoms with Crippen molar-refractivity contribution >= 4 is 69.6 Å². The molecule has 1 atom stereocenters. The number of nitrogens with one attached hydrogen (secondary N) is 2. The van der Waals surface area contributed by atoms with Crippen LogP contribution in [0.3, 0.4) is 0 Å². The fourth-order valence-electron chi connectivity index (χ4n) is 2.40. The highest BCUT2D eigenvalue weighted by atomic mass is 35.5. The standard InChI is InChI=1S/C18H13Cl4F3N2O2/c19-4-3-13(17(29)27-12-6-9(20)5-10(21)7-12)16(28)26-11-1-2-15(22)14(8-11)18(23,24)25/h1-2,5-8,13H,3-4H2,(H,26,28)(H,27,29). The van der Waals surface area contributed by atoms with E-state index in [2.05, 4.69) is 10.6 Å². The van der Waals surface area contributed by atoms with Gasteiger partial charge in [0, 0.05) is 27.3 Å². The SMILES string of the molecule is O=C(Nc1cc(Cl)cc(Cl)c1)C(CCCl)C(=O)Nc1ccc(Cl)c(C(F)(F)F)c1. The number of hydrogen-bond donors (Lipinski definition) is 2. The lowest BCUT2D eigenvalue weighted by molar-refractivity contribution is -0.137. The second kappa shape index (κ2) is 9.89. The molecule has 2 aromatic rings. The minimum absolute atomic E-state index is 0.0315. The molecule has 2 amide bonds. The predicted octanol–water partition coefficient (Wildman–Crippen LogP) is 6.49. The Morgan fingerprint density at radius 3 is 1.97 bits per heavy atom. The third-order valence-electron chi connectivity index (χ3n) is 3.70. The summed E-state index contributed by atoms with van der Waals surface area (Å²) in [7, 11) is 0. The van der Waals surface area contributed by atoms with Gasteiger partial charge in [0.15, 0.2) is 0 Å². The average molecular weight is 488 g/mol. The van der Waals surface area contributed by atoms with E-state index in [9.17, 15) is 22.8 Å². The van der Waals surface area contributed by atoms with E-state index in [1.165, 1.54) is 24.3 Å². The summed E-state index contributed by atoms with van der Waals surface area (Å²) in [4.78, 5) is 25.0. The summed E-state index contributed by atoms with van der Waals surface area (Å²) in [5.41, 5.74) is -1.01. The Morgan fingerprint density at radius 1 is 0.897 bits per heavy atom. The third-order valence-corrected chi connectivity index (χ3v) is 4.68. The van der Waals surface area contributed by atoms with Crippen molar-refractivity contribution in [1.29, 1.82) is 0 Å². The van der Waals surface area contributed by atoms with Crippen LogP contribution in [0.25, 0.3) is 0 Å². The molecule has 0 heterocycles. The molecule has 1 unspecified atom stereocenters. The van der Waals surface area contributed by atoms with Crippen LogP contribution in [0.1, 0.15) is 12.0 Å². The Morgan fingerprint density at radius 2 is 1.45 bits per heavy atom. The first kappa shape index (κ1) is 23.6. The summed E-state index contributed by atoms with van der Waals surface area (Å²) in [6.45, 7) is 0. The Kier molecular flexibility index (Phi) is 8.05. The van der Waals surface area contributed by atoms with Crippen LogP contribution in [0.15, 0.2) is 36.4 Å². The summed E-state index contributed by atoms with van der Waals surface area (Å²) >= 11 is 23.0. The maximum atomic E-state index is 13.0. The van der Waals surface area contributed by atoms with Crippen LogP contribution in [0, 0.1) is 5.92 Å². The van der Waals surface area contributed by atoms with Crippen LogP contribution < -0.4 is 10.6 Å². The smallest absolute Gasteiger partial charge is 0.325 e. The topological polar surface area (TPSA) is 58.2 Å². The minimum Gasteiger partial charge on any atom is -0.325 e. The van der Waals surface area contributed by atoms with E-state index in [1.54, 1.807) is 0 Å². The van der Waals surface area contributed by atoms with E-state index in [0.29, 0.717) is 6.07 Å². The molecule has 0 fully saturated rings. The molecule has 2 rings (SSSR count). The molecule has 0 saturated carbocycles. The summed E-state index contributed by atoms with van der Waals surface area (Å²) in [5.74, 6) is -2.84. The summed E-state index contributed by atoms with van der Waals surface area (Å²) in [5, 5.41) is 4.81. The normalized spacial score (nSPS) is 12.4. The number of anilines is 2. The summed E-state index contributed by atoms with van der Waals surface area (Å²) < 4.78 is 38.9. The van der Waals surface area contributed by atoms with Gasteiger partial charge in [-0.1, -0.05) is 34.8 Å². The maximum absolute atomic E-state index is 13.0. The van der Waals surface area contributed by atoms with Crippen LogP contribution in [-0.4, -0.2) is 17.7 Å². The predicted molar refractivity (Wildman–Crippen MR) is 109 cm³/mol. The fraction of sp³-hybridized carbons (Fsp3) is 0.222. The first-order valence-electron chi connectivity index (χ1n) is 8.02. The van der Waals surface area contributed by atoms with Gasteiger partial charge in [-0.05, 0) is 42.8 Å². The number of alkyl halides is 4. The molecule has 0 radical (unpaired) electrons. The lowest BCUT2D eigenvalue weighted by Crippen LogP contribution is -2.34. The van der Waals surface area contributed by atoms with Crippen molar-refractivity contribution in [2.24, 2.45) is 5.92 Å². The van der Waals surface area contributed by atoms with Gasteiger partial charge in [0.1, 0.15) is 5.92 Å². The number of benzene rings is 2. The fourth-order valence-corrected chi connectivity index (χ4v) is 3.36. The molecule has 2 aromatic carbocycles. The maximum Gasteiger partial charge on any atom is 0.417 e. The minimum atomic E-state index is -4.70. The number of halogens is 7. The van der Waals surface area contributed by atoms with Gasteiger partial charge in [0.2, 0.25) is 11.8 Å². The van der Waals surface area contributed by atoms with Crippen molar-refractivity contribution in [3.05, 3.63) is 57.0 Å². The zero-order chi connectivity index (χ0) is 21.8. The van der Waals surface area contributed by atoms with E-state index in [4.69, 9.17) is 46.4 Å². The third kappa shape index (κ3) is 6.67. The molecule has 0 aliphatic rings. The molecular formula is C18H13Cl4F3N2O2. The van der Waals surface area contributed by atoms with E-state index in [0.717, 1.165) is 6.07 Å². The summed E-state index contributed by atoms with van der Waals surface area (Å²) in [6.07, 6.45) is -4.75. The van der Waals surface area contributed by atoms with Crippen LogP contribution in [-0.2, 0) is 15.8 Å². The molecule has 0 aromatic heterocycles. The number of carbonyl (C=O) groups excluding carboxylic acids is 2. The number of rotatable bonds is 6. The Balaban J connectivity index is 2.20. The molecule has 4 nitrogen and oxygen atoms in total. The van der Waals surface area contributed by atoms with Crippen molar-refractivity contribution in [3.63, 3.8) is 0 Å². The first-order chi connectivity index (χ1) is 13.5. The van der Waals surface area contributed by atoms with Gasteiger partial charge in [-0.3, -0.25) is 9.59 Å². The molecule has 156 valence electrons. The van der Waals surface area contributed by atoms with Gasteiger partial charge >= 0.3 is 6.18 Å². The first-order valence-corrected chi connectivity index (χ1v) is 9.68. The molecular weight excluding hydrogens is 475 g/mol. The lowest BCUT2D eigenvalue weighted by atomic mass is 10.0. The number of hydrogen-bond acceptors (Lipinski definition) is 2. The lowest BCUT2D eigenvalue weighted by Gasteiger charge is -2.17. The second-order valence-corrected chi connectivity index (χ2v) is 7.52. The Hall–Kier alpha value is -1.67. The van der Waals surface area contributed by atoms with Gasteiger partial charge in [-0.25, -0.2) is 0 Å². The van der Waals surface area contributed by atoms with Gasteiger partial charge in [0.05, 0.1) is 10.6 Å². The van der Waals surface area contributed by atoms with Crippen LogP contribution in [0.5, 0.6) is 0 Å². The zero-order valence-corrected chi connectivity index (χ0v) is 17.4. The summed E-state index contributed by atoms with van der Waals surface area (Å²) in [6, 6.07) is 7.20. The van der Waals surface area contributed by atoms with Gasteiger partial charge in [-0.15, -0.1) is 11.6 Å². The van der Waals surface area contributed by atoms with E-state index >= 15 is 0 Å². The van der Waals surface area contributed by atoms with Crippen LogP contribution >= 0.6 is 46.4 Å². The van der Waals surface area contributed by atoms with Crippen molar-refractivity contribution in [3.8, 4) is 0 Å². The van der Waals surface area contributed by atoms with E-state index in [1.807, 2.05) is 0 Å². The molecule has 11 heteroatoms. The quantitative estimate of drug-likeness (QED) is 0.361. The molecule has 0 aliphatic carbocycles. The van der Waals surface area contributed by atoms with Crippen molar-refractivity contribution in [1.82, 2.24) is 0 Å². The van der Waals surface area contributed by atoms with Crippen molar-refractivity contribution < 1.29 is 22.8 Å². The van der Waals surface area contributed by atoms with Crippen LogP contribution in [0.4, 0.5) is 24.5 Å². The highest BCUT2D eigenvalue weighted by molar-refractivity contribution is 6.35. The van der Waals surface area contributed by atoms with Crippen molar-refractivity contribution in [2.45, 2.75) is 12.6 Å². The zero-order valence-electron chi connectivity index (χ0n) is 14.4. The molecule has 0 bridgehead atoms. The monoisotopic (exact) mass is 486 g/mol. The Labute approximate surface area is 184 Å². The van der Waals surface area contributed by atoms with E-state index < -0.39 is 34.5 Å². The van der Waals surface area contributed by atoms with Crippen molar-refractivity contribution in [2.75, 3.05) is 16.5 Å². The van der Waals surface area contributed by atoms with Gasteiger partial charge in [-0.2, -0.15) is 13.2 Å². The molecule has 0 aliphatic heterocycles. The molecule has 2 N–H and O–H groups in total. The second-order valence-electron chi connectivity index (χ2n) is 5.86.